The molecule has 1 aliphatic carbocycles. The molecule has 2 aliphatic rings. The van der Waals surface area contributed by atoms with Crippen LogP contribution < -0.4 is 0 Å². The van der Waals surface area contributed by atoms with Crippen molar-refractivity contribution in [1.29, 1.82) is 0 Å². The Morgan fingerprint density at radius 2 is 1.18 bits per heavy atom. The second-order valence-corrected chi connectivity index (χ2v) is 10.9. The van der Waals surface area contributed by atoms with Crippen molar-refractivity contribution >= 4 is 11.9 Å². The van der Waals surface area contributed by atoms with Crippen LogP contribution in [0.15, 0.2) is 48.5 Å². The van der Waals surface area contributed by atoms with Crippen LogP contribution >= 0.6 is 0 Å². The molecule has 0 radical (unpaired) electrons. The molecule has 4 atom stereocenters. The van der Waals surface area contributed by atoms with Crippen LogP contribution in [0.2, 0.25) is 0 Å². The third-order valence-electron chi connectivity index (χ3n) is 8.04. The highest BCUT2D eigenvalue weighted by Crippen LogP contribution is 2.39. The molecule has 5 heteroatoms. The molecule has 2 aromatic rings. The molecule has 206 valence electrons. The average molecular weight is 521 g/mol. The van der Waals surface area contributed by atoms with Crippen LogP contribution in [0.1, 0.15) is 110 Å². The summed E-state index contributed by atoms with van der Waals surface area (Å²) in [5.41, 5.74) is 3.65. The van der Waals surface area contributed by atoms with Crippen molar-refractivity contribution < 1.29 is 23.8 Å². The van der Waals surface area contributed by atoms with Crippen LogP contribution in [-0.2, 0) is 27.1 Å². The number of aryl methyl sites for hydroxylation is 2. The standard InChI is InChI=1S/C33H44O5/c1-3-5-7-9-11-24-13-17-26(18-14-24)32(34)37-29-22-21-28-30(23-36-31(28)29)38-33(35)27-19-15-25(16-20-27)12-10-8-6-4-2/h13-20,28-31H,3-12,21-23H2,1-2H3/t28-,29-,30+,31+/m1/s1. The number of fused-ring (bicyclic) bond motifs is 1. The Bertz CT molecular complexity index is 929. The van der Waals surface area contributed by atoms with Gasteiger partial charge in [0.05, 0.1) is 17.7 Å². The fourth-order valence-corrected chi connectivity index (χ4v) is 5.70. The van der Waals surface area contributed by atoms with E-state index in [0.29, 0.717) is 17.7 Å². The number of carbonyl (C=O) groups excluding carboxylic acids is 2. The zero-order valence-corrected chi connectivity index (χ0v) is 23.2. The van der Waals surface area contributed by atoms with E-state index in [1.165, 1.54) is 62.5 Å². The molecule has 1 saturated carbocycles. The van der Waals surface area contributed by atoms with Crippen LogP contribution in [0, 0.1) is 5.92 Å². The minimum Gasteiger partial charge on any atom is -0.456 e. The molecule has 0 spiro atoms. The van der Waals surface area contributed by atoms with Gasteiger partial charge in [-0.2, -0.15) is 0 Å². The van der Waals surface area contributed by atoms with E-state index in [-0.39, 0.29) is 36.2 Å². The molecule has 4 rings (SSSR count). The topological polar surface area (TPSA) is 61.8 Å². The van der Waals surface area contributed by atoms with Crippen LogP contribution in [-0.4, -0.2) is 36.9 Å². The quantitative estimate of drug-likeness (QED) is 0.191. The largest absolute Gasteiger partial charge is 0.456 e. The molecule has 0 unspecified atom stereocenters. The lowest BCUT2D eigenvalue weighted by molar-refractivity contribution is -0.0234. The van der Waals surface area contributed by atoms with Gasteiger partial charge in [0.2, 0.25) is 0 Å². The number of benzene rings is 2. The van der Waals surface area contributed by atoms with E-state index in [1.807, 2.05) is 48.5 Å². The number of rotatable bonds is 14. The first kappa shape index (κ1) is 28.4. The SMILES string of the molecule is CCCCCCc1ccc(C(=O)O[C@H]2CO[C@H]3[C@@H]2CC[C@H]3OC(=O)c2ccc(CCCCCC)cc2)cc1. The van der Waals surface area contributed by atoms with Gasteiger partial charge in [0.1, 0.15) is 18.3 Å². The van der Waals surface area contributed by atoms with Crippen LogP contribution in [0.5, 0.6) is 0 Å². The molecule has 5 nitrogen and oxygen atoms in total. The van der Waals surface area contributed by atoms with Crippen molar-refractivity contribution in [3.8, 4) is 0 Å². The Labute approximate surface area is 228 Å². The molecule has 0 bridgehead atoms. The number of ether oxygens (including phenoxy) is 3. The van der Waals surface area contributed by atoms with Crippen molar-refractivity contribution in [2.45, 2.75) is 109 Å². The van der Waals surface area contributed by atoms with E-state index in [0.717, 1.165) is 25.7 Å². The monoisotopic (exact) mass is 520 g/mol. The Morgan fingerprint density at radius 1 is 0.684 bits per heavy atom. The molecule has 1 saturated heterocycles. The van der Waals surface area contributed by atoms with E-state index < -0.39 is 0 Å². The second kappa shape index (κ2) is 14.5. The van der Waals surface area contributed by atoms with Crippen molar-refractivity contribution in [2.24, 2.45) is 5.92 Å². The molecule has 1 aliphatic heterocycles. The normalized spacial score (nSPS) is 22.3. The fourth-order valence-electron chi connectivity index (χ4n) is 5.70. The first-order chi connectivity index (χ1) is 18.6. The van der Waals surface area contributed by atoms with Gasteiger partial charge in [0.25, 0.3) is 0 Å². The summed E-state index contributed by atoms with van der Waals surface area (Å²) in [5.74, 6) is -0.570. The number of carbonyl (C=O) groups is 2. The lowest BCUT2D eigenvalue weighted by Gasteiger charge is -2.19. The summed E-state index contributed by atoms with van der Waals surface area (Å²) in [4.78, 5) is 25.6. The van der Waals surface area contributed by atoms with Gasteiger partial charge in [-0.25, -0.2) is 9.59 Å². The lowest BCUT2D eigenvalue weighted by Crippen LogP contribution is -2.31. The van der Waals surface area contributed by atoms with Gasteiger partial charge in [0, 0.05) is 5.92 Å². The molecule has 0 aromatic heterocycles. The van der Waals surface area contributed by atoms with E-state index in [4.69, 9.17) is 14.2 Å². The summed E-state index contributed by atoms with van der Waals surface area (Å²) in [6.45, 7) is 4.77. The maximum atomic E-state index is 12.8. The van der Waals surface area contributed by atoms with Gasteiger partial charge >= 0.3 is 11.9 Å². The Balaban J connectivity index is 1.23. The van der Waals surface area contributed by atoms with E-state index in [2.05, 4.69) is 13.8 Å². The van der Waals surface area contributed by atoms with Gasteiger partial charge in [0.15, 0.2) is 0 Å². The molecular weight excluding hydrogens is 476 g/mol. The summed E-state index contributed by atoms with van der Waals surface area (Å²) in [5, 5.41) is 0. The van der Waals surface area contributed by atoms with Gasteiger partial charge in [-0.05, 0) is 73.9 Å². The predicted octanol–water partition coefficient (Wildman–Crippen LogP) is 7.49. The third kappa shape index (κ3) is 7.69. The summed E-state index contributed by atoms with van der Waals surface area (Å²) in [7, 11) is 0. The van der Waals surface area contributed by atoms with Crippen LogP contribution in [0.3, 0.4) is 0 Å². The Hall–Kier alpha value is -2.66. The van der Waals surface area contributed by atoms with Crippen LogP contribution in [0.4, 0.5) is 0 Å². The highest BCUT2D eigenvalue weighted by atomic mass is 16.6. The minimum absolute atomic E-state index is 0.0556. The molecule has 1 heterocycles. The Kier molecular flexibility index (Phi) is 10.8. The fraction of sp³-hybridized carbons (Fsp3) is 0.576. The first-order valence-corrected chi connectivity index (χ1v) is 14.8. The van der Waals surface area contributed by atoms with Gasteiger partial charge in [-0.15, -0.1) is 0 Å². The summed E-state index contributed by atoms with van der Waals surface area (Å²) < 4.78 is 17.7. The zero-order valence-electron chi connectivity index (χ0n) is 23.2. The highest BCUT2D eigenvalue weighted by Gasteiger charge is 2.49. The smallest absolute Gasteiger partial charge is 0.338 e. The number of esters is 2. The molecule has 2 aromatic carbocycles. The molecule has 0 amide bonds. The van der Waals surface area contributed by atoms with Crippen molar-refractivity contribution in [3.05, 3.63) is 70.8 Å². The summed E-state index contributed by atoms with van der Waals surface area (Å²) in [6, 6.07) is 15.6. The summed E-state index contributed by atoms with van der Waals surface area (Å²) in [6.07, 6.45) is 12.6. The van der Waals surface area contributed by atoms with E-state index in [1.54, 1.807) is 0 Å². The highest BCUT2D eigenvalue weighted by molar-refractivity contribution is 5.90. The molecule has 38 heavy (non-hydrogen) atoms. The predicted molar refractivity (Wildman–Crippen MR) is 149 cm³/mol. The number of hydrogen-bond donors (Lipinski definition) is 0. The Morgan fingerprint density at radius 3 is 1.68 bits per heavy atom. The van der Waals surface area contributed by atoms with Crippen molar-refractivity contribution in [1.82, 2.24) is 0 Å². The van der Waals surface area contributed by atoms with Gasteiger partial charge in [-0.1, -0.05) is 76.6 Å². The summed E-state index contributed by atoms with van der Waals surface area (Å²) >= 11 is 0. The van der Waals surface area contributed by atoms with Gasteiger partial charge in [-0.3, -0.25) is 0 Å². The molecule has 0 N–H and O–H groups in total. The van der Waals surface area contributed by atoms with Crippen molar-refractivity contribution in [3.63, 3.8) is 0 Å². The minimum atomic E-state index is -0.313. The maximum absolute atomic E-state index is 12.8. The third-order valence-corrected chi connectivity index (χ3v) is 8.04. The average Bonchev–Trinajstić information content (AvgIpc) is 3.53. The van der Waals surface area contributed by atoms with E-state index in [9.17, 15) is 9.59 Å². The van der Waals surface area contributed by atoms with Crippen molar-refractivity contribution in [2.75, 3.05) is 6.61 Å². The van der Waals surface area contributed by atoms with E-state index >= 15 is 0 Å². The molecule has 2 fully saturated rings. The number of unbranched alkanes of at least 4 members (excludes halogenated alkanes) is 6. The zero-order chi connectivity index (χ0) is 26.7. The second-order valence-electron chi connectivity index (χ2n) is 10.9. The molecular formula is C33H44O5. The van der Waals surface area contributed by atoms with Crippen LogP contribution in [0.25, 0.3) is 0 Å². The maximum Gasteiger partial charge on any atom is 0.338 e. The lowest BCUT2D eigenvalue weighted by atomic mass is 10.0. The first-order valence-electron chi connectivity index (χ1n) is 14.8. The van der Waals surface area contributed by atoms with Gasteiger partial charge < -0.3 is 14.2 Å². The number of hydrogen-bond acceptors (Lipinski definition) is 5.